The number of amides is 1. The van der Waals surface area contributed by atoms with Gasteiger partial charge in [0.05, 0.1) is 0 Å². The molecule has 6 heteroatoms. The van der Waals surface area contributed by atoms with Crippen LogP contribution in [0.2, 0.25) is 5.02 Å². The average molecular weight is 336 g/mol. The maximum Gasteiger partial charge on any atom is 0.273 e. The zero-order chi connectivity index (χ0) is 15.5. The van der Waals surface area contributed by atoms with Crippen LogP contribution in [0.15, 0.2) is 29.6 Å². The quantitative estimate of drug-likeness (QED) is 0.934. The lowest BCUT2D eigenvalue weighted by Crippen LogP contribution is -2.37. The molecular weight excluding hydrogens is 318 g/mol. The van der Waals surface area contributed by atoms with Crippen LogP contribution in [0.4, 0.5) is 0 Å². The molecule has 3 rings (SSSR count). The molecule has 2 aromatic rings. The lowest BCUT2D eigenvalue weighted by atomic mass is 10.0. The van der Waals surface area contributed by atoms with Crippen LogP contribution in [0.5, 0.6) is 0 Å². The second-order valence-electron chi connectivity index (χ2n) is 5.42. The maximum absolute atomic E-state index is 12.7. The third kappa shape index (κ3) is 3.16. The molecule has 2 heterocycles. The molecule has 116 valence electrons. The van der Waals surface area contributed by atoms with Crippen molar-refractivity contribution in [3.8, 4) is 0 Å². The van der Waals surface area contributed by atoms with Crippen molar-refractivity contribution >= 4 is 28.8 Å². The highest BCUT2D eigenvalue weighted by molar-refractivity contribution is 7.09. The van der Waals surface area contributed by atoms with Crippen molar-refractivity contribution in [1.29, 1.82) is 0 Å². The molecule has 1 aromatic heterocycles. The molecule has 1 saturated heterocycles. The van der Waals surface area contributed by atoms with Gasteiger partial charge in [0.2, 0.25) is 0 Å². The van der Waals surface area contributed by atoms with Gasteiger partial charge >= 0.3 is 0 Å². The number of thiazole rings is 1. The molecule has 0 radical (unpaired) electrons. The number of hydrogen-bond donors (Lipinski definition) is 1. The number of hydrogen-bond acceptors (Lipinski definition) is 4. The van der Waals surface area contributed by atoms with Gasteiger partial charge in [0, 0.05) is 29.5 Å². The minimum Gasteiger partial charge on any atom is -0.334 e. The number of likely N-dealkylation sites (tertiary alicyclic amines) is 1. The molecule has 1 fully saturated rings. The van der Waals surface area contributed by atoms with E-state index in [-0.39, 0.29) is 11.9 Å². The van der Waals surface area contributed by atoms with Crippen molar-refractivity contribution in [2.24, 2.45) is 5.73 Å². The molecule has 0 spiro atoms. The zero-order valence-corrected chi connectivity index (χ0v) is 13.7. The molecule has 4 nitrogen and oxygen atoms in total. The first-order valence-electron chi connectivity index (χ1n) is 7.38. The van der Waals surface area contributed by atoms with Gasteiger partial charge in [-0.15, -0.1) is 11.3 Å². The third-order valence-electron chi connectivity index (χ3n) is 4.00. The molecule has 0 bridgehead atoms. The first-order valence-corrected chi connectivity index (χ1v) is 8.63. The second kappa shape index (κ2) is 6.77. The van der Waals surface area contributed by atoms with Gasteiger partial charge < -0.3 is 10.6 Å². The van der Waals surface area contributed by atoms with E-state index in [1.165, 1.54) is 11.3 Å². The number of halogens is 1. The van der Waals surface area contributed by atoms with Crippen molar-refractivity contribution in [2.75, 3.05) is 6.54 Å². The molecular formula is C16H18ClN3OS. The fourth-order valence-electron chi connectivity index (χ4n) is 2.88. The maximum atomic E-state index is 12.7. The molecule has 1 aliphatic heterocycles. The molecule has 0 aliphatic carbocycles. The predicted octanol–water partition coefficient (Wildman–Crippen LogP) is 3.10. The van der Waals surface area contributed by atoms with E-state index in [4.69, 9.17) is 17.3 Å². The fraction of sp³-hybridized carbons (Fsp3) is 0.375. The number of nitrogens with two attached hydrogens (primary N) is 1. The smallest absolute Gasteiger partial charge is 0.273 e. The zero-order valence-electron chi connectivity index (χ0n) is 12.2. The molecule has 1 atom stereocenters. The van der Waals surface area contributed by atoms with Gasteiger partial charge in [0.15, 0.2) is 0 Å². The normalized spacial score (nSPS) is 17.9. The third-order valence-corrected chi connectivity index (χ3v) is 5.24. The van der Waals surface area contributed by atoms with E-state index in [2.05, 4.69) is 4.98 Å². The van der Waals surface area contributed by atoms with Crippen LogP contribution in [-0.2, 0) is 13.0 Å². The van der Waals surface area contributed by atoms with Gasteiger partial charge in [-0.1, -0.05) is 29.8 Å². The van der Waals surface area contributed by atoms with E-state index in [0.717, 1.165) is 41.4 Å². The van der Waals surface area contributed by atoms with Crippen LogP contribution >= 0.6 is 22.9 Å². The number of benzene rings is 1. The minimum atomic E-state index is 0.00510. The van der Waals surface area contributed by atoms with Crippen molar-refractivity contribution in [3.05, 3.63) is 50.9 Å². The summed E-state index contributed by atoms with van der Waals surface area (Å²) in [6.07, 6.45) is 2.82. The first kappa shape index (κ1) is 15.5. The summed E-state index contributed by atoms with van der Waals surface area (Å²) in [6.45, 7) is 1.16. The van der Waals surface area contributed by atoms with E-state index < -0.39 is 0 Å². The van der Waals surface area contributed by atoms with Crippen LogP contribution in [0, 0.1) is 0 Å². The Bertz CT molecular complexity index is 673. The SMILES string of the molecule is NCc1nc(C(=O)N2CCC[C@@H]2Cc2ccccc2Cl)cs1. The molecule has 22 heavy (non-hydrogen) atoms. The molecule has 1 aromatic carbocycles. The van der Waals surface area contributed by atoms with Crippen molar-refractivity contribution in [1.82, 2.24) is 9.88 Å². The van der Waals surface area contributed by atoms with E-state index in [9.17, 15) is 4.79 Å². The number of carbonyl (C=O) groups is 1. The summed E-state index contributed by atoms with van der Waals surface area (Å²) in [6, 6.07) is 8.02. The van der Waals surface area contributed by atoms with Gasteiger partial charge in [0.1, 0.15) is 10.7 Å². The topological polar surface area (TPSA) is 59.2 Å². The lowest BCUT2D eigenvalue weighted by Gasteiger charge is -2.24. The van der Waals surface area contributed by atoms with E-state index >= 15 is 0 Å². The number of aromatic nitrogens is 1. The highest BCUT2D eigenvalue weighted by Crippen LogP contribution is 2.26. The summed E-state index contributed by atoms with van der Waals surface area (Å²) in [7, 11) is 0. The molecule has 0 saturated carbocycles. The summed E-state index contributed by atoms with van der Waals surface area (Å²) in [4.78, 5) is 18.9. The van der Waals surface area contributed by atoms with Gasteiger partial charge in [-0.3, -0.25) is 4.79 Å². The van der Waals surface area contributed by atoms with Gasteiger partial charge in [-0.05, 0) is 30.9 Å². The summed E-state index contributed by atoms with van der Waals surface area (Å²) < 4.78 is 0. The first-order chi connectivity index (χ1) is 10.7. The standard InChI is InChI=1S/C16H18ClN3OS/c17-13-6-2-1-4-11(13)8-12-5-3-7-20(12)16(21)14-10-22-15(9-18)19-14/h1-2,4,6,10,12H,3,5,7-9,18H2/t12-/m1/s1. The molecule has 0 unspecified atom stereocenters. The summed E-state index contributed by atoms with van der Waals surface area (Å²) >= 11 is 7.68. The fourth-order valence-corrected chi connectivity index (χ4v) is 3.74. The Morgan fingerprint density at radius 2 is 2.27 bits per heavy atom. The Morgan fingerprint density at radius 3 is 3.00 bits per heavy atom. The average Bonchev–Trinajstić information content (AvgIpc) is 3.18. The van der Waals surface area contributed by atoms with E-state index in [1.807, 2.05) is 29.2 Å². The van der Waals surface area contributed by atoms with Crippen molar-refractivity contribution < 1.29 is 4.79 Å². The predicted molar refractivity (Wildman–Crippen MR) is 89.2 cm³/mol. The molecule has 1 aliphatic rings. The Kier molecular flexibility index (Phi) is 4.76. The van der Waals surface area contributed by atoms with Gasteiger partial charge in [-0.25, -0.2) is 4.98 Å². The number of rotatable bonds is 4. The molecule has 1 amide bonds. The van der Waals surface area contributed by atoms with Crippen molar-refractivity contribution in [3.63, 3.8) is 0 Å². The van der Waals surface area contributed by atoms with Crippen LogP contribution in [0.1, 0.15) is 33.9 Å². The monoisotopic (exact) mass is 335 g/mol. The van der Waals surface area contributed by atoms with Crippen LogP contribution in [-0.4, -0.2) is 28.4 Å². The highest BCUT2D eigenvalue weighted by Gasteiger charge is 2.30. The minimum absolute atomic E-state index is 0.00510. The van der Waals surface area contributed by atoms with Gasteiger partial charge in [-0.2, -0.15) is 0 Å². The Morgan fingerprint density at radius 1 is 1.45 bits per heavy atom. The largest absolute Gasteiger partial charge is 0.334 e. The van der Waals surface area contributed by atoms with E-state index in [1.54, 1.807) is 5.38 Å². The van der Waals surface area contributed by atoms with Crippen LogP contribution < -0.4 is 5.73 Å². The number of carbonyl (C=O) groups excluding carboxylic acids is 1. The second-order valence-corrected chi connectivity index (χ2v) is 6.77. The Labute approximate surface area is 138 Å². The van der Waals surface area contributed by atoms with Gasteiger partial charge in [0.25, 0.3) is 5.91 Å². The number of nitrogens with zero attached hydrogens (tertiary/aromatic N) is 2. The van der Waals surface area contributed by atoms with E-state index in [0.29, 0.717) is 12.2 Å². The Hall–Kier alpha value is -1.43. The highest BCUT2D eigenvalue weighted by atomic mass is 35.5. The Balaban J connectivity index is 1.75. The summed E-state index contributed by atoms with van der Waals surface area (Å²) in [5.74, 6) is 0.00510. The summed E-state index contributed by atoms with van der Waals surface area (Å²) in [5, 5.41) is 3.36. The molecule has 2 N–H and O–H groups in total. The van der Waals surface area contributed by atoms with Crippen LogP contribution in [0.25, 0.3) is 0 Å². The van der Waals surface area contributed by atoms with Crippen molar-refractivity contribution in [2.45, 2.75) is 31.8 Å². The summed E-state index contributed by atoms with van der Waals surface area (Å²) in [5.41, 5.74) is 7.17. The lowest BCUT2D eigenvalue weighted by molar-refractivity contribution is 0.0731. The van der Waals surface area contributed by atoms with Crippen LogP contribution in [0.3, 0.4) is 0 Å².